The topological polar surface area (TPSA) is 72.7 Å². The van der Waals surface area contributed by atoms with E-state index in [2.05, 4.69) is 20.7 Å². The Morgan fingerprint density at radius 1 is 1.25 bits per heavy atom. The molecule has 6 nitrogen and oxygen atoms in total. The maximum atomic E-state index is 12.9. The molecule has 1 amide bonds. The Morgan fingerprint density at radius 2 is 2.04 bits per heavy atom. The average Bonchev–Trinajstić information content (AvgIpc) is 3.17. The van der Waals surface area contributed by atoms with Gasteiger partial charge in [-0.15, -0.1) is 10.2 Å². The van der Waals surface area contributed by atoms with Crippen molar-refractivity contribution >= 4 is 22.9 Å². The molecule has 1 aromatic carbocycles. The summed E-state index contributed by atoms with van der Waals surface area (Å²) < 4.78 is 38.7. The van der Waals surface area contributed by atoms with Crippen LogP contribution in [0.3, 0.4) is 0 Å². The Labute approximate surface area is 137 Å². The molecule has 0 fully saturated rings. The summed E-state index contributed by atoms with van der Waals surface area (Å²) >= 11 is 1.46. The minimum atomic E-state index is -4.55. The SMILES string of the molecule is O=C(Cn1nnc(-c2ccsc2)n1)Nc1ccccc1C(F)(F)F. The van der Waals surface area contributed by atoms with E-state index >= 15 is 0 Å². The van der Waals surface area contributed by atoms with Gasteiger partial charge >= 0.3 is 6.18 Å². The highest BCUT2D eigenvalue weighted by atomic mass is 32.1. The van der Waals surface area contributed by atoms with Gasteiger partial charge in [-0.2, -0.15) is 29.3 Å². The summed E-state index contributed by atoms with van der Waals surface area (Å²) in [6, 6.07) is 6.55. The van der Waals surface area contributed by atoms with Crippen LogP contribution in [0.15, 0.2) is 41.1 Å². The number of alkyl halides is 3. The number of nitrogens with zero attached hydrogens (tertiary/aromatic N) is 4. The van der Waals surface area contributed by atoms with Crippen LogP contribution in [0, 0.1) is 0 Å². The Balaban J connectivity index is 1.71. The molecule has 0 spiro atoms. The van der Waals surface area contributed by atoms with Crippen LogP contribution in [0.2, 0.25) is 0 Å². The third kappa shape index (κ3) is 3.59. The van der Waals surface area contributed by atoms with E-state index < -0.39 is 17.6 Å². The van der Waals surface area contributed by atoms with Crippen LogP contribution < -0.4 is 5.32 Å². The molecule has 0 unspecified atom stereocenters. The van der Waals surface area contributed by atoms with Gasteiger partial charge in [0.2, 0.25) is 11.7 Å². The van der Waals surface area contributed by atoms with E-state index in [1.807, 2.05) is 10.8 Å². The molecule has 2 aromatic heterocycles. The van der Waals surface area contributed by atoms with Crippen molar-refractivity contribution in [3.05, 3.63) is 46.7 Å². The normalized spacial score (nSPS) is 11.5. The van der Waals surface area contributed by atoms with E-state index in [0.717, 1.165) is 16.4 Å². The predicted molar refractivity (Wildman–Crippen MR) is 81.2 cm³/mol. The number of carbonyl (C=O) groups is 1. The van der Waals surface area contributed by atoms with Crippen molar-refractivity contribution in [2.24, 2.45) is 0 Å². The zero-order chi connectivity index (χ0) is 17.2. The highest BCUT2D eigenvalue weighted by Crippen LogP contribution is 2.34. The summed E-state index contributed by atoms with van der Waals surface area (Å²) in [5.41, 5.74) is -0.467. The second-order valence-electron chi connectivity index (χ2n) is 4.75. The molecule has 2 heterocycles. The second kappa shape index (κ2) is 6.40. The lowest BCUT2D eigenvalue weighted by Crippen LogP contribution is -2.22. The van der Waals surface area contributed by atoms with E-state index in [9.17, 15) is 18.0 Å². The maximum Gasteiger partial charge on any atom is 0.418 e. The highest BCUT2D eigenvalue weighted by Gasteiger charge is 2.33. The number of benzene rings is 1. The van der Waals surface area contributed by atoms with Crippen molar-refractivity contribution in [2.75, 3.05) is 5.32 Å². The lowest BCUT2D eigenvalue weighted by atomic mass is 10.1. The number of rotatable bonds is 4. The number of thiophene rings is 1. The summed E-state index contributed by atoms with van der Waals surface area (Å²) in [6.45, 7) is -0.344. The fraction of sp³-hybridized carbons (Fsp3) is 0.143. The molecule has 3 aromatic rings. The van der Waals surface area contributed by atoms with E-state index in [-0.39, 0.29) is 12.2 Å². The molecule has 0 bridgehead atoms. The molecular weight excluding hydrogens is 343 g/mol. The first-order chi connectivity index (χ1) is 11.4. The third-order valence-corrected chi connectivity index (χ3v) is 3.71. The van der Waals surface area contributed by atoms with E-state index in [0.29, 0.717) is 5.82 Å². The molecule has 0 atom stereocenters. The van der Waals surface area contributed by atoms with Crippen molar-refractivity contribution < 1.29 is 18.0 Å². The molecular formula is C14H10F3N5OS. The molecule has 0 radical (unpaired) electrons. The van der Waals surface area contributed by atoms with Gasteiger partial charge in [0.25, 0.3) is 0 Å². The van der Waals surface area contributed by atoms with E-state index in [4.69, 9.17) is 0 Å². The summed E-state index contributed by atoms with van der Waals surface area (Å²) in [4.78, 5) is 13.0. The lowest BCUT2D eigenvalue weighted by Gasteiger charge is -2.13. The molecule has 3 rings (SSSR count). The van der Waals surface area contributed by atoms with Gasteiger partial charge in [0.15, 0.2) is 0 Å². The van der Waals surface area contributed by atoms with Gasteiger partial charge in [-0.1, -0.05) is 12.1 Å². The first-order valence-corrected chi connectivity index (χ1v) is 7.64. The maximum absolute atomic E-state index is 12.9. The molecule has 24 heavy (non-hydrogen) atoms. The van der Waals surface area contributed by atoms with Crippen LogP contribution in [-0.2, 0) is 17.5 Å². The quantitative estimate of drug-likeness (QED) is 0.782. The van der Waals surface area contributed by atoms with Crippen molar-refractivity contribution in [3.8, 4) is 11.4 Å². The number of nitrogens with one attached hydrogen (secondary N) is 1. The highest BCUT2D eigenvalue weighted by molar-refractivity contribution is 7.08. The molecule has 1 N–H and O–H groups in total. The number of carbonyl (C=O) groups excluding carboxylic acids is 1. The summed E-state index contributed by atoms with van der Waals surface area (Å²) in [7, 11) is 0. The predicted octanol–water partition coefficient (Wildman–Crippen LogP) is 3.06. The zero-order valence-electron chi connectivity index (χ0n) is 12.0. The Morgan fingerprint density at radius 3 is 2.75 bits per heavy atom. The largest absolute Gasteiger partial charge is 0.418 e. The molecule has 124 valence electrons. The third-order valence-electron chi connectivity index (χ3n) is 3.02. The first kappa shape index (κ1) is 16.1. The Bertz CT molecular complexity index is 844. The van der Waals surface area contributed by atoms with Gasteiger partial charge in [-0.05, 0) is 28.8 Å². The summed E-state index contributed by atoms with van der Waals surface area (Å²) in [5, 5.41) is 17.4. The van der Waals surface area contributed by atoms with Crippen LogP contribution in [0.4, 0.5) is 18.9 Å². The van der Waals surface area contributed by atoms with Gasteiger partial charge in [-0.25, -0.2) is 0 Å². The van der Waals surface area contributed by atoms with Crippen LogP contribution in [0.5, 0.6) is 0 Å². The Hall–Kier alpha value is -2.75. The molecule has 0 aliphatic carbocycles. The lowest BCUT2D eigenvalue weighted by molar-refractivity contribution is -0.137. The number of aromatic nitrogens is 4. The van der Waals surface area contributed by atoms with Crippen LogP contribution in [-0.4, -0.2) is 26.1 Å². The number of anilines is 1. The zero-order valence-corrected chi connectivity index (χ0v) is 12.8. The van der Waals surface area contributed by atoms with Crippen LogP contribution in [0.25, 0.3) is 11.4 Å². The number of tetrazole rings is 1. The molecule has 0 aliphatic heterocycles. The minimum absolute atomic E-state index is 0.312. The monoisotopic (exact) mass is 353 g/mol. The van der Waals surface area contributed by atoms with E-state index in [1.54, 1.807) is 6.07 Å². The smallest absolute Gasteiger partial charge is 0.324 e. The Kier molecular flexibility index (Phi) is 4.30. The fourth-order valence-corrected chi connectivity index (χ4v) is 2.61. The van der Waals surface area contributed by atoms with Gasteiger partial charge in [0.1, 0.15) is 6.54 Å². The van der Waals surface area contributed by atoms with Crippen molar-refractivity contribution in [2.45, 2.75) is 12.7 Å². The number of halogens is 3. The number of hydrogen-bond donors (Lipinski definition) is 1. The molecule has 10 heteroatoms. The van der Waals surface area contributed by atoms with Gasteiger partial charge in [-0.3, -0.25) is 4.79 Å². The summed E-state index contributed by atoms with van der Waals surface area (Å²) in [5.74, 6) is -0.333. The first-order valence-electron chi connectivity index (χ1n) is 6.70. The minimum Gasteiger partial charge on any atom is -0.324 e. The number of para-hydroxylation sites is 1. The summed E-state index contributed by atoms with van der Waals surface area (Å²) in [6.07, 6.45) is -4.55. The van der Waals surface area contributed by atoms with Crippen molar-refractivity contribution in [1.29, 1.82) is 0 Å². The van der Waals surface area contributed by atoms with Crippen molar-refractivity contribution in [1.82, 2.24) is 20.2 Å². The fourth-order valence-electron chi connectivity index (χ4n) is 1.97. The standard InChI is InChI=1S/C14H10F3N5OS/c15-14(16,17)10-3-1-2-4-11(10)18-12(23)7-22-20-13(19-21-22)9-5-6-24-8-9/h1-6,8H,7H2,(H,18,23). The average molecular weight is 353 g/mol. The van der Waals surface area contributed by atoms with Gasteiger partial charge in [0.05, 0.1) is 11.3 Å². The van der Waals surface area contributed by atoms with Gasteiger partial charge < -0.3 is 5.32 Å². The van der Waals surface area contributed by atoms with Gasteiger partial charge in [0, 0.05) is 10.9 Å². The van der Waals surface area contributed by atoms with E-state index in [1.165, 1.54) is 29.5 Å². The van der Waals surface area contributed by atoms with Crippen LogP contribution >= 0.6 is 11.3 Å². The number of amides is 1. The molecule has 0 saturated carbocycles. The second-order valence-corrected chi connectivity index (χ2v) is 5.53. The molecule has 0 saturated heterocycles. The van der Waals surface area contributed by atoms with Crippen molar-refractivity contribution in [3.63, 3.8) is 0 Å². The van der Waals surface area contributed by atoms with Crippen LogP contribution in [0.1, 0.15) is 5.56 Å². The number of hydrogen-bond acceptors (Lipinski definition) is 5. The molecule has 0 aliphatic rings.